The summed E-state index contributed by atoms with van der Waals surface area (Å²) in [5.74, 6) is 2.18. The Morgan fingerprint density at radius 3 is 2.62 bits per heavy atom. The maximum atomic E-state index is 5.88. The van der Waals surface area contributed by atoms with E-state index in [0.717, 1.165) is 30.4 Å². The number of nitrogens with one attached hydrogen (secondary N) is 2. The van der Waals surface area contributed by atoms with E-state index in [1.54, 1.807) is 7.05 Å². The van der Waals surface area contributed by atoms with Gasteiger partial charge in [0.25, 0.3) is 0 Å². The summed E-state index contributed by atoms with van der Waals surface area (Å²) in [7, 11) is 1.76. The molecule has 0 bridgehead atoms. The molecule has 6 heteroatoms. The van der Waals surface area contributed by atoms with Crippen LogP contribution in [0.15, 0.2) is 23.2 Å². The molecule has 1 aromatic rings. The molecule has 0 atom stereocenters. The monoisotopic (exact) mass is 365 g/mol. The Morgan fingerprint density at radius 1 is 1.12 bits per heavy atom. The number of aryl methyl sites for hydroxylation is 1. The molecule has 0 fully saturated rings. The molecule has 0 unspecified atom stereocenters. The van der Waals surface area contributed by atoms with Gasteiger partial charge in [0.1, 0.15) is 12.4 Å². The van der Waals surface area contributed by atoms with Crippen molar-refractivity contribution in [3.8, 4) is 5.75 Å². The number of ether oxygens (including phenoxy) is 3. The summed E-state index contributed by atoms with van der Waals surface area (Å²) in [4.78, 5) is 4.25. The highest BCUT2D eigenvalue weighted by molar-refractivity contribution is 5.79. The number of aliphatic imine (C=N–C) groups is 1. The maximum absolute atomic E-state index is 5.88. The van der Waals surface area contributed by atoms with Crippen molar-refractivity contribution >= 4 is 5.96 Å². The second-order valence-corrected chi connectivity index (χ2v) is 6.48. The van der Waals surface area contributed by atoms with Crippen LogP contribution in [0.3, 0.4) is 0 Å². The van der Waals surface area contributed by atoms with E-state index in [4.69, 9.17) is 14.2 Å². The Bertz CT molecular complexity index is 533. The molecule has 0 saturated heterocycles. The molecule has 2 N–H and O–H groups in total. The molecule has 0 aromatic heterocycles. The smallest absolute Gasteiger partial charge is 0.191 e. The number of rotatable bonds is 12. The van der Waals surface area contributed by atoms with Crippen molar-refractivity contribution in [1.29, 1.82) is 0 Å². The lowest BCUT2D eigenvalue weighted by Gasteiger charge is -2.16. The van der Waals surface area contributed by atoms with Gasteiger partial charge in [0, 0.05) is 38.9 Å². The second kappa shape index (κ2) is 13.4. The molecular formula is C20H35N3O3. The molecule has 148 valence electrons. The zero-order valence-corrected chi connectivity index (χ0v) is 16.9. The number of guanidine groups is 1. The van der Waals surface area contributed by atoms with Crippen LogP contribution >= 0.6 is 0 Å². The number of nitrogens with zero attached hydrogens (tertiary/aromatic N) is 1. The van der Waals surface area contributed by atoms with E-state index in [1.165, 1.54) is 5.56 Å². The van der Waals surface area contributed by atoms with E-state index >= 15 is 0 Å². The van der Waals surface area contributed by atoms with Gasteiger partial charge in [-0.05, 0) is 31.4 Å². The van der Waals surface area contributed by atoms with E-state index in [2.05, 4.69) is 54.6 Å². The SMILES string of the molecule is CCOCCOc1cc(C)ccc1CNC(=NC)NCCOCC(C)C. The third kappa shape index (κ3) is 9.63. The maximum Gasteiger partial charge on any atom is 0.191 e. The molecule has 0 heterocycles. The molecule has 6 nitrogen and oxygen atoms in total. The van der Waals surface area contributed by atoms with Crippen molar-refractivity contribution in [3.05, 3.63) is 29.3 Å². The van der Waals surface area contributed by atoms with Gasteiger partial charge in [-0.2, -0.15) is 0 Å². The Balaban J connectivity index is 2.45. The summed E-state index contributed by atoms with van der Waals surface area (Å²) >= 11 is 0. The number of hydrogen-bond donors (Lipinski definition) is 2. The number of hydrogen-bond acceptors (Lipinski definition) is 4. The topological polar surface area (TPSA) is 64.1 Å². The van der Waals surface area contributed by atoms with Gasteiger partial charge in [-0.3, -0.25) is 4.99 Å². The van der Waals surface area contributed by atoms with E-state index in [9.17, 15) is 0 Å². The Morgan fingerprint density at radius 2 is 1.92 bits per heavy atom. The van der Waals surface area contributed by atoms with Crippen LogP contribution in [0.4, 0.5) is 0 Å². The van der Waals surface area contributed by atoms with Crippen molar-refractivity contribution < 1.29 is 14.2 Å². The average Bonchev–Trinajstić information content (AvgIpc) is 2.62. The minimum absolute atomic E-state index is 0.546. The van der Waals surface area contributed by atoms with Gasteiger partial charge >= 0.3 is 0 Å². The molecule has 0 aliphatic rings. The van der Waals surface area contributed by atoms with Gasteiger partial charge in [0.2, 0.25) is 0 Å². The molecule has 0 aliphatic carbocycles. The van der Waals surface area contributed by atoms with Gasteiger partial charge in [-0.1, -0.05) is 26.0 Å². The predicted molar refractivity (Wildman–Crippen MR) is 107 cm³/mol. The molecule has 0 radical (unpaired) electrons. The van der Waals surface area contributed by atoms with Crippen molar-refractivity contribution in [2.24, 2.45) is 10.9 Å². The van der Waals surface area contributed by atoms with Crippen LogP contribution in [-0.4, -0.2) is 52.6 Å². The normalized spacial score (nSPS) is 11.7. The van der Waals surface area contributed by atoms with Crippen molar-refractivity contribution in [3.63, 3.8) is 0 Å². The molecule has 1 aromatic carbocycles. The van der Waals surface area contributed by atoms with E-state index in [-0.39, 0.29) is 0 Å². The molecule has 0 saturated carbocycles. The van der Waals surface area contributed by atoms with Crippen molar-refractivity contribution in [2.75, 3.05) is 46.6 Å². The van der Waals surface area contributed by atoms with Crippen LogP contribution in [-0.2, 0) is 16.0 Å². The largest absolute Gasteiger partial charge is 0.491 e. The van der Waals surface area contributed by atoms with Gasteiger partial charge in [-0.15, -0.1) is 0 Å². The summed E-state index contributed by atoms with van der Waals surface area (Å²) in [5.41, 5.74) is 2.26. The van der Waals surface area contributed by atoms with E-state index in [0.29, 0.717) is 38.9 Å². The van der Waals surface area contributed by atoms with Gasteiger partial charge in [0.15, 0.2) is 5.96 Å². The summed E-state index contributed by atoms with van der Waals surface area (Å²) in [6, 6.07) is 6.22. The van der Waals surface area contributed by atoms with E-state index in [1.807, 2.05) is 6.92 Å². The highest BCUT2D eigenvalue weighted by Crippen LogP contribution is 2.20. The standard InChI is InChI=1S/C20H35N3O3/c1-6-24-11-12-26-19-13-17(4)7-8-18(19)14-23-20(21-5)22-9-10-25-15-16(2)3/h7-8,13,16H,6,9-12,14-15H2,1-5H3,(H2,21,22,23). The minimum Gasteiger partial charge on any atom is -0.491 e. The quantitative estimate of drug-likeness (QED) is 0.339. The third-order valence-corrected chi connectivity index (χ3v) is 3.57. The second-order valence-electron chi connectivity index (χ2n) is 6.48. The first-order chi connectivity index (χ1) is 12.6. The van der Waals surface area contributed by atoms with Crippen LogP contribution < -0.4 is 15.4 Å². The first-order valence-corrected chi connectivity index (χ1v) is 9.39. The van der Waals surface area contributed by atoms with Crippen LogP contribution in [0.2, 0.25) is 0 Å². The van der Waals surface area contributed by atoms with Crippen molar-refractivity contribution in [2.45, 2.75) is 34.2 Å². The van der Waals surface area contributed by atoms with Gasteiger partial charge < -0.3 is 24.8 Å². The zero-order valence-electron chi connectivity index (χ0n) is 16.9. The van der Waals surface area contributed by atoms with Crippen LogP contribution in [0.1, 0.15) is 31.9 Å². The Kier molecular flexibility index (Phi) is 11.5. The molecule has 26 heavy (non-hydrogen) atoms. The zero-order chi connectivity index (χ0) is 19.2. The molecule has 0 aliphatic heterocycles. The summed E-state index contributed by atoms with van der Waals surface area (Å²) in [6.07, 6.45) is 0. The van der Waals surface area contributed by atoms with Crippen LogP contribution in [0.5, 0.6) is 5.75 Å². The highest BCUT2D eigenvalue weighted by atomic mass is 16.5. The predicted octanol–water partition coefficient (Wildman–Crippen LogP) is 2.75. The fraction of sp³-hybridized carbons (Fsp3) is 0.650. The first kappa shape index (κ1) is 22.3. The van der Waals surface area contributed by atoms with Gasteiger partial charge in [0.05, 0.1) is 13.2 Å². The third-order valence-electron chi connectivity index (χ3n) is 3.57. The first-order valence-electron chi connectivity index (χ1n) is 9.39. The molecule has 0 spiro atoms. The lowest BCUT2D eigenvalue weighted by Crippen LogP contribution is -2.38. The summed E-state index contributed by atoms with van der Waals surface area (Å²) < 4.78 is 16.8. The fourth-order valence-corrected chi connectivity index (χ4v) is 2.26. The molecule has 0 amide bonds. The lowest BCUT2D eigenvalue weighted by molar-refractivity contribution is 0.110. The van der Waals surface area contributed by atoms with Crippen LogP contribution in [0.25, 0.3) is 0 Å². The molecule has 1 rings (SSSR count). The number of benzene rings is 1. The van der Waals surface area contributed by atoms with E-state index < -0.39 is 0 Å². The summed E-state index contributed by atoms with van der Waals surface area (Å²) in [6.45, 7) is 13.0. The Labute approximate surface area is 158 Å². The van der Waals surface area contributed by atoms with Gasteiger partial charge in [-0.25, -0.2) is 0 Å². The van der Waals surface area contributed by atoms with Crippen molar-refractivity contribution in [1.82, 2.24) is 10.6 Å². The summed E-state index contributed by atoms with van der Waals surface area (Å²) in [5, 5.41) is 6.58. The fourth-order valence-electron chi connectivity index (χ4n) is 2.26. The molecular weight excluding hydrogens is 330 g/mol. The van der Waals surface area contributed by atoms with Crippen LogP contribution in [0, 0.1) is 12.8 Å². The average molecular weight is 366 g/mol. The Hall–Kier alpha value is -1.79. The minimum atomic E-state index is 0.546. The lowest BCUT2D eigenvalue weighted by atomic mass is 10.1. The highest BCUT2D eigenvalue weighted by Gasteiger charge is 2.06.